The van der Waals surface area contributed by atoms with Crippen LogP contribution in [-0.2, 0) is 0 Å². The Morgan fingerprint density at radius 3 is 0.885 bits per heavy atom. The Labute approximate surface area is 312 Å². The average Bonchev–Trinajstić information content (AvgIpc) is 3.03. The smallest absolute Gasteiger partial charge is 0.0290 e. The summed E-state index contributed by atoms with van der Waals surface area (Å²) in [6.45, 7) is 27.4. The highest BCUT2D eigenvalue weighted by atomic mass is 14.4. The van der Waals surface area contributed by atoms with Crippen LogP contribution >= 0.6 is 0 Å². The molecule has 2 unspecified atom stereocenters. The summed E-state index contributed by atoms with van der Waals surface area (Å²) in [6.07, 6.45) is 5.21. The molecule has 260 valence electrons. The first-order valence-electron chi connectivity index (χ1n) is 19.1. The number of benzene rings is 6. The van der Waals surface area contributed by atoms with E-state index in [0.29, 0.717) is 0 Å². The van der Waals surface area contributed by atoms with Crippen molar-refractivity contribution >= 4 is 21.9 Å². The Balaban J connectivity index is 1.54. The third kappa shape index (κ3) is 5.25. The molecule has 8 rings (SSSR count). The van der Waals surface area contributed by atoms with Gasteiger partial charge >= 0.3 is 0 Å². The monoisotopic (exact) mass is 676 g/mol. The van der Waals surface area contributed by atoms with Crippen molar-refractivity contribution in [2.75, 3.05) is 0 Å². The van der Waals surface area contributed by atoms with Gasteiger partial charge in [0.05, 0.1) is 0 Å². The minimum absolute atomic E-state index is 0.144. The van der Waals surface area contributed by atoms with Gasteiger partial charge in [-0.1, -0.05) is 107 Å². The summed E-state index contributed by atoms with van der Waals surface area (Å²) in [4.78, 5) is 0. The van der Waals surface area contributed by atoms with Crippen LogP contribution in [0.15, 0.2) is 84.9 Å². The fraction of sp³-hybridized carbons (Fsp3) is 0.269. The highest BCUT2D eigenvalue weighted by molar-refractivity contribution is 6.11. The second-order valence-electron chi connectivity index (χ2n) is 16.4. The lowest BCUT2D eigenvalue weighted by atomic mass is 9.68. The fourth-order valence-electron chi connectivity index (χ4n) is 10.7. The van der Waals surface area contributed by atoms with E-state index in [4.69, 9.17) is 0 Å². The van der Waals surface area contributed by atoms with Crippen LogP contribution in [-0.4, -0.2) is 0 Å². The van der Waals surface area contributed by atoms with Crippen LogP contribution < -0.4 is 0 Å². The molecule has 52 heavy (non-hydrogen) atoms. The van der Waals surface area contributed by atoms with Crippen LogP contribution in [0.25, 0.3) is 21.9 Å². The molecule has 6 aromatic rings. The Kier molecular flexibility index (Phi) is 8.11. The highest BCUT2D eigenvalue weighted by Crippen LogP contribution is 2.53. The van der Waals surface area contributed by atoms with Crippen molar-refractivity contribution in [1.82, 2.24) is 0 Å². The SMILES string of the molecule is Cc1cc(C)c(C2=CC(c3c(C)cc(C)cc3C)c3ccc4c5c(ccc2c35)C(c2c(C)cc(C)cc2C)C=C4c2c(C)cc(C)cc2C)c(C)c1. The molecule has 0 heteroatoms. The third-order valence-corrected chi connectivity index (χ3v) is 12.1. The zero-order chi connectivity index (χ0) is 36.9. The normalized spacial score (nSPS) is 16.3. The van der Waals surface area contributed by atoms with Crippen molar-refractivity contribution in [3.05, 3.63) is 196 Å². The van der Waals surface area contributed by atoms with Crippen molar-refractivity contribution in [2.45, 2.75) is 94.9 Å². The molecule has 0 nitrogen and oxygen atoms in total. The minimum atomic E-state index is 0.144. The van der Waals surface area contributed by atoms with E-state index in [1.165, 1.54) is 133 Å². The van der Waals surface area contributed by atoms with E-state index in [0.717, 1.165) is 0 Å². The summed E-state index contributed by atoms with van der Waals surface area (Å²) in [5.41, 5.74) is 30.1. The Hall–Kier alpha value is -4.94. The summed E-state index contributed by atoms with van der Waals surface area (Å²) in [5.74, 6) is 0.289. The molecule has 2 aliphatic rings. The van der Waals surface area contributed by atoms with Gasteiger partial charge in [0.2, 0.25) is 0 Å². The molecule has 0 heterocycles. The first-order chi connectivity index (χ1) is 24.7. The molecule has 0 radical (unpaired) electrons. The highest BCUT2D eigenvalue weighted by Gasteiger charge is 2.34. The maximum absolute atomic E-state index is 2.61. The Morgan fingerprint density at radius 2 is 0.596 bits per heavy atom. The van der Waals surface area contributed by atoms with E-state index in [1.807, 2.05) is 0 Å². The summed E-state index contributed by atoms with van der Waals surface area (Å²) < 4.78 is 0. The van der Waals surface area contributed by atoms with Crippen LogP contribution in [0, 0.1) is 83.1 Å². The van der Waals surface area contributed by atoms with E-state index in [1.54, 1.807) is 0 Å². The number of aryl methyl sites for hydroxylation is 12. The predicted octanol–water partition coefficient (Wildman–Crippen LogP) is 13.7. The van der Waals surface area contributed by atoms with Gasteiger partial charge in [0, 0.05) is 11.8 Å². The molecule has 0 aromatic heterocycles. The van der Waals surface area contributed by atoms with Gasteiger partial charge in [-0.05, 0) is 194 Å². The molecule has 0 saturated heterocycles. The molecule has 0 N–H and O–H groups in total. The van der Waals surface area contributed by atoms with Crippen LogP contribution in [0.3, 0.4) is 0 Å². The molecule has 0 fully saturated rings. The minimum Gasteiger partial charge on any atom is -0.0641 e. The molecule has 0 spiro atoms. The van der Waals surface area contributed by atoms with E-state index in [-0.39, 0.29) is 11.8 Å². The van der Waals surface area contributed by atoms with Crippen molar-refractivity contribution in [3.8, 4) is 0 Å². The summed E-state index contributed by atoms with van der Waals surface area (Å²) >= 11 is 0. The summed E-state index contributed by atoms with van der Waals surface area (Å²) in [7, 11) is 0. The van der Waals surface area contributed by atoms with E-state index in [2.05, 4.69) is 168 Å². The number of hydrogen-bond donors (Lipinski definition) is 0. The first kappa shape index (κ1) is 34.2. The van der Waals surface area contributed by atoms with E-state index >= 15 is 0 Å². The number of hydrogen-bond acceptors (Lipinski definition) is 0. The lowest BCUT2D eigenvalue weighted by molar-refractivity contribution is 0.974. The maximum Gasteiger partial charge on any atom is 0.0290 e. The van der Waals surface area contributed by atoms with E-state index in [9.17, 15) is 0 Å². The van der Waals surface area contributed by atoms with Crippen molar-refractivity contribution in [1.29, 1.82) is 0 Å². The van der Waals surface area contributed by atoms with Crippen molar-refractivity contribution in [3.63, 3.8) is 0 Å². The van der Waals surface area contributed by atoms with Gasteiger partial charge in [-0.3, -0.25) is 0 Å². The van der Waals surface area contributed by atoms with Gasteiger partial charge in [0.15, 0.2) is 0 Å². The van der Waals surface area contributed by atoms with Gasteiger partial charge in [-0.15, -0.1) is 0 Å². The molecule has 0 bridgehead atoms. The second kappa shape index (κ2) is 12.3. The number of rotatable bonds is 4. The zero-order valence-electron chi connectivity index (χ0n) is 33.2. The van der Waals surface area contributed by atoms with Gasteiger partial charge in [-0.25, -0.2) is 0 Å². The molecule has 2 aliphatic carbocycles. The maximum atomic E-state index is 2.61. The summed E-state index contributed by atoms with van der Waals surface area (Å²) in [6, 6.07) is 28.9. The second-order valence-corrected chi connectivity index (χ2v) is 16.4. The predicted molar refractivity (Wildman–Crippen MR) is 224 cm³/mol. The van der Waals surface area contributed by atoms with Gasteiger partial charge in [-0.2, -0.15) is 0 Å². The first-order valence-corrected chi connectivity index (χ1v) is 19.1. The van der Waals surface area contributed by atoms with Crippen LogP contribution in [0.1, 0.15) is 123 Å². The van der Waals surface area contributed by atoms with Gasteiger partial charge in [0.25, 0.3) is 0 Å². The molecule has 0 aliphatic heterocycles. The van der Waals surface area contributed by atoms with Gasteiger partial charge in [0.1, 0.15) is 0 Å². The van der Waals surface area contributed by atoms with Crippen LogP contribution in [0.2, 0.25) is 0 Å². The molecule has 0 amide bonds. The third-order valence-electron chi connectivity index (χ3n) is 12.1. The lowest BCUT2D eigenvalue weighted by Gasteiger charge is -2.35. The standard InChI is InChI=1S/C52H52/c1-27-17-31(5)47(32(6)18-27)43-25-44(48-33(7)19-28(2)20-34(48)8)40-15-16-42-46(50-37(11)23-30(4)24-38(50)12)26-45(41-14-13-39(43)51(40)52(41)42)49-35(9)21-29(3)22-36(49)10/h13-26,43,46H,1-12H3. The lowest BCUT2D eigenvalue weighted by Crippen LogP contribution is -2.16. The van der Waals surface area contributed by atoms with E-state index < -0.39 is 0 Å². The van der Waals surface area contributed by atoms with Crippen LogP contribution in [0.5, 0.6) is 0 Å². The number of allylic oxidation sites excluding steroid dienone is 2. The molecular formula is C52H52. The molecule has 6 aromatic carbocycles. The van der Waals surface area contributed by atoms with Gasteiger partial charge < -0.3 is 0 Å². The average molecular weight is 677 g/mol. The zero-order valence-corrected chi connectivity index (χ0v) is 33.2. The molecule has 0 saturated carbocycles. The quantitative estimate of drug-likeness (QED) is 0.174. The molecular weight excluding hydrogens is 625 g/mol. The fourth-order valence-corrected chi connectivity index (χ4v) is 10.7. The van der Waals surface area contributed by atoms with Crippen molar-refractivity contribution in [2.24, 2.45) is 0 Å². The largest absolute Gasteiger partial charge is 0.0641 e. The topological polar surface area (TPSA) is 0 Å². The molecule has 2 atom stereocenters. The van der Waals surface area contributed by atoms with Crippen LogP contribution in [0.4, 0.5) is 0 Å². The van der Waals surface area contributed by atoms with Crippen molar-refractivity contribution < 1.29 is 0 Å². The Morgan fingerprint density at radius 1 is 0.327 bits per heavy atom. The summed E-state index contributed by atoms with van der Waals surface area (Å²) in [5, 5.41) is 2.85. The Bertz CT molecular complexity index is 2310.